The van der Waals surface area contributed by atoms with E-state index in [-0.39, 0.29) is 40.2 Å². The molecule has 0 spiro atoms. The second-order valence-corrected chi connectivity index (χ2v) is 8.76. The minimum absolute atomic E-state index is 0.0609. The number of amides is 4. The molecule has 11 nitrogen and oxygen atoms in total. The van der Waals surface area contributed by atoms with Crippen LogP contribution in [-0.2, 0) is 19.2 Å². The van der Waals surface area contributed by atoms with Crippen molar-refractivity contribution in [2.45, 2.75) is 18.8 Å². The van der Waals surface area contributed by atoms with E-state index in [0.717, 1.165) is 0 Å². The van der Waals surface area contributed by atoms with Crippen LogP contribution < -0.4 is 9.47 Å². The Balaban J connectivity index is 1.74. The number of fused-ring (bicyclic) bond motifs is 4. The van der Waals surface area contributed by atoms with Gasteiger partial charge in [0.15, 0.2) is 0 Å². The van der Waals surface area contributed by atoms with Crippen molar-refractivity contribution in [1.82, 2.24) is 10.1 Å². The summed E-state index contributed by atoms with van der Waals surface area (Å²) in [4.78, 5) is 51.0. The van der Waals surface area contributed by atoms with Crippen LogP contribution in [0, 0.1) is 29.6 Å². The van der Waals surface area contributed by atoms with Gasteiger partial charge >= 0.3 is 0 Å². The SMILES string of the molecule is COc1cc(O)cc(OC)c1[C@H]1C2=CC[C@@H]3C(=O)N(O)C(=O)[C@@H]3[C@@H]2C[C@H]2C(=O)N(O)C(=O)[C@@H]12. The first-order valence-electron chi connectivity index (χ1n) is 10.5. The number of imide groups is 2. The molecular formula is C22H22N2O9. The molecule has 2 aliphatic heterocycles. The molecule has 1 aromatic rings. The maximum absolute atomic E-state index is 13.0. The number of ether oxygens (including phenoxy) is 2. The fourth-order valence-corrected chi connectivity index (χ4v) is 6.11. The molecular weight excluding hydrogens is 436 g/mol. The highest BCUT2D eigenvalue weighted by Gasteiger charge is 2.62. The van der Waals surface area contributed by atoms with Crippen LogP contribution in [0.15, 0.2) is 23.8 Å². The number of benzene rings is 1. The van der Waals surface area contributed by atoms with Crippen LogP contribution >= 0.6 is 0 Å². The maximum Gasteiger partial charge on any atom is 0.258 e. The third-order valence-corrected chi connectivity index (χ3v) is 7.44. The Hall–Kier alpha value is -3.44. The zero-order chi connectivity index (χ0) is 23.8. The predicted molar refractivity (Wildman–Crippen MR) is 106 cm³/mol. The zero-order valence-corrected chi connectivity index (χ0v) is 17.8. The molecule has 2 saturated heterocycles. The molecule has 3 fully saturated rings. The number of nitrogens with zero attached hydrogens (tertiary/aromatic N) is 2. The number of aromatic hydroxyl groups is 1. The highest BCUT2D eigenvalue weighted by Crippen LogP contribution is 2.60. The molecule has 11 heteroatoms. The molecule has 6 atom stereocenters. The molecule has 0 unspecified atom stereocenters. The minimum atomic E-state index is -0.994. The van der Waals surface area contributed by atoms with Crippen LogP contribution in [0.25, 0.3) is 0 Å². The van der Waals surface area contributed by atoms with Crippen LogP contribution in [0.3, 0.4) is 0 Å². The Labute approximate surface area is 187 Å². The Morgan fingerprint density at radius 1 is 0.818 bits per heavy atom. The van der Waals surface area contributed by atoms with Gasteiger partial charge < -0.3 is 14.6 Å². The fourth-order valence-electron chi connectivity index (χ4n) is 6.11. The van der Waals surface area contributed by atoms with Gasteiger partial charge in [0.25, 0.3) is 23.6 Å². The summed E-state index contributed by atoms with van der Waals surface area (Å²) in [6, 6.07) is 2.70. The summed E-state index contributed by atoms with van der Waals surface area (Å²) in [5.41, 5.74) is 1.02. The van der Waals surface area contributed by atoms with Crippen molar-refractivity contribution in [2.24, 2.45) is 29.6 Å². The van der Waals surface area contributed by atoms with Crippen molar-refractivity contribution < 1.29 is 44.2 Å². The largest absolute Gasteiger partial charge is 0.508 e. The summed E-state index contributed by atoms with van der Waals surface area (Å²) in [7, 11) is 2.76. The molecule has 2 aliphatic carbocycles. The summed E-state index contributed by atoms with van der Waals surface area (Å²) in [5, 5.41) is 30.5. The lowest BCUT2D eigenvalue weighted by atomic mass is 9.57. The minimum Gasteiger partial charge on any atom is -0.508 e. The number of phenolic OH excluding ortho intramolecular Hbond substituents is 1. The number of carbonyl (C=O) groups is 4. The Kier molecular flexibility index (Phi) is 4.73. The molecule has 33 heavy (non-hydrogen) atoms. The first kappa shape index (κ1) is 21.4. The number of allylic oxidation sites excluding steroid dienone is 2. The van der Waals surface area contributed by atoms with Crippen molar-refractivity contribution in [2.75, 3.05) is 14.2 Å². The van der Waals surface area contributed by atoms with Crippen LogP contribution in [0.5, 0.6) is 17.2 Å². The first-order valence-corrected chi connectivity index (χ1v) is 10.5. The van der Waals surface area contributed by atoms with Crippen LogP contribution in [0.4, 0.5) is 0 Å². The molecule has 4 aliphatic rings. The summed E-state index contributed by atoms with van der Waals surface area (Å²) in [5.74, 6) is -7.82. The third-order valence-electron chi connectivity index (χ3n) is 7.44. The van der Waals surface area contributed by atoms with Gasteiger partial charge in [-0.15, -0.1) is 0 Å². The van der Waals surface area contributed by atoms with Gasteiger partial charge in [-0.25, -0.2) is 0 Å². The average molecular weight is 458 g/mol. The lowest BCUT2D eigenvalue weighted by Gasteiger charge is -2.44. The van der Waals surface area contributed by atoms with E-state index < -0.39 is 59.1 Å². The number of carbonyl (C=O) groups excluding carboxylic acids is 4. The van der Waals surface area contributed by atoms with Crippen LogP contribution in [0.2, 0.25) is 0 Å². The molecule has 4 amide bonds. The number of hydroxylamine groups is 4. The lowest BCUT2D eigenvalue weighted by Crippen LogP contribution is -2.43. The van der Waals surface area contributed by atoms with Gasteiger partial charge in [0, 0.05) is 23.6 Å². The average Bonchev–Trinajstić information content (AvgIpc) is 3.17. The highest BCUT2D eigenvalue weighted by molar-refractivity contribution is 6.06. The first-order chi connectivity index (χ1) is 15.7. The molecule has 5 rings (SSSR count). The third kappa shape index (κ3) is 2.75. The number of hydrogen-bond acceptors (Lipinski definition) is 9. The summed E-state index contributed by atoms with van der Waals surface area (Å²) >= 11 is 0. The lowest BCUT2D eigenvalue weighted by molar-refractivity contribution is -0.174. The van der Waals surface area contributed by atoms with E-state index in [0.29, 0.717) is 11.1 Å². The normalized spacial score (nSPS) is 33.0. The number of methoxy groups -OCH3 is 2. The standard InChI is InChI=1S/C22H22N2O9/c1-32-13-5-8(25)6-14(33-2)18(13)16-9-3-4-10-15(21(28)23(30)19(10)26)11(9)7-12-17(16)22(29)24(31)20(12)27/h3,5-6,10-12,15-17,25,30-31H,4,7H2,1-2H3/t10-,11+,12+,15-,16-,17+/m0/s1. The highest BCUT2D eigenvalue weighted by atomic mass is 16.5. The van der Waals surface area contributed by atoms with Crippen molar-refractivity contribution >= 4 is 23.6 Å². The van der Waals surface area contributed by atoms with Crippen LogP contribution in [-0.4, -0.2) is 63.5 Å². The number of rotatable bonds is 3. The van der Waals surface area contributed by atoms with Crippen LogP contribution in [0.1, 0.15) is 24.3 Å². The van der Waals surface area contributed by atoms with E-state index in [1.165, 1.54) is 26.4 Å². The zero-order valence-electron chi connectivity index (χ0n) is 17.8. The van der Waals surface area contributed by atoms with Gasteiger partial charge in [0.2, 0.25) is 0 Å². The van der Waals surface area contributed by atoms with E-state index in [4.69, 9.17) is 9.47 Å². The number of phenols is 1. The smallest absolute Gasteiger partial charge is 0.258 e. The van der Waals surface area contributed by atoms with Gasteiger partial charge in [-0.1, -0.05) is 11.6 Å². The molecule has 0 radical (unpaired) electrons. The molecule has 1 aromatic carbocycles. The second-order valence-electron chi connectivity index (χ2n) is 8.76. The van der Waals surface area contributed by atoms with E-state index in [9.17, 15) is 34.7 Å². The van der Waals surface area contributed by atoms with E-state index in [2.05, 4.69) is 0 Å². The van der Waals surface area contributed by atoms with E-state index in [1.54, 1.807) is 6.08 Å². The second kappa shape index (κ2) is 7.29. The Bertz CT molecular complexity index is 1100. The Morgan fingerprint density at radius 3 is 1.94 bits per heavy atom. The molecule has 0 aromatic heterocycles. The van der Waals surface area contributed by atoms with Gasteiger partial charge in [-0.05, 0) is 18.8 Å². The number of hydrogen-bond donors (Lipinski definition) is 3. The van der Waals surface area contributed by atoms with Crippen molar-refractivity contribution in [1.29, 1.82) is 0 Å². The molecule has 2 heterocycles. The van der Waals surface area contributed by atoms with E-state index >= 15 is 0 Å². The van der Waals surface area contributed by atoms with Crippen molar-refractivity contribution in [3.63, 3.8) is 0 Å². The van der Waals surface area contributed by atoms with Crippen molar-refractivity contribution in [3.05, 3.63) is 29.3 Å². The molecule has 3 N–H and O–H groups in total. The van der Waals surface area contributed by atoms with Gasteiger partial charge in [-0.3, -0.25) is 29.6 Å². The molecule has 1 saturated carbocycles. The van der Waals surface area contributed by atoms with Gasteiger partial charge in [0.05, 0.1) is 37.9 Å². The topological polar surface area (TPSA) is 154 Å². The van der Waals surface area contributed by atoms with Gasteiger partial charge in [-0.2, -0.15) is 10.1 Å². The summed E-state index contributed by atoms with van der Waals surface area (Å²) in [6.07, 6.45) is 1.99. The summed E-state index contributed by atoms with van der Waals surface area (Å²) in [6.45, 7) is 0. The van der Waals surface area contributed by atoms with E-state index in [1.807, 2.05) is 0 Å². The summed E-state index contributed by atoms with van der Waals surface area (Å²) < 4.78 is 10.9. The monoisotopic (exact) mass is 458 g/mol. The fraction of sp³-hybridized carbons (Fsp3) is 0.455. The quantitative estimate of drug-likeness (QED) is 0.339. The maximum atomic E-state index is 13.0. The van der Waals surface area contributed by atoms with Crippen molar-refractivity contribution in [3.8, 4) is 17.2 Å². The predicted octanol–water partition coefficient (Wildman–Crippen LogP) is 0.824. The van der Waals surface area contributed by atoms with Gasteiger partial charge in [0.1, 0.15) is 17.2 Å². The molecule has 0 bridgehead atoms. The molecule has 174 valence electrons. The Morgan fingerprint density at radius 2 is 1.36 bits per heavy atom.